The van der Waals surface area contributed by atoms with Crippen LogP contribution in [0.2, 0.25) is 0 Å². The highest BCUT2D eigenvalue weighted by Gasteiger charge is 2.17. The monoisotopic (exact) mass is 397 g/mol. The highest BCUT2D eigenvalue weighted by Crippen LogP contribution is 2.21. The van der Waals surface area contributed by atoms with E-state index in [2.05, 4.69) is 25.9 Å². The summed E-state index contributed by atoms with van der Waals surface area (Å²) in [4.78, 5) is 33.7. The minimum atomic E-state index is -0.580. The van der Waals surface area contributed by atoms with Gasteiger partial charge < -0.3 is 5.73 Å². The predicted molar refractivity (Wildman–Crippen MR) is 112 cm³/mol. The first-order valence-corrected chi connectivity index (χ1v) is 9.10. The molecule has 0 aliphatic carbocycles. The van der Waals surface area contributed by atoms with Crippen molar-refractivity contribution in [2.45, 2.75) is 0 Å². The number of anilines is 1. The summed E-state index contributed by atoms with van der Waals surface area (Å²) in [5, 5.41) is 5.85. The van der Waals surface area contributed by atoms with Crippen LogP contribution < -0.4 is 16.6 Å². The molecule has 30 heavy (non-hydrogen) atoms. The van der Waals surface area contributed by atoms with Gasteiger partial charge in [0.15, 0.2) is 5.69 Å². The number of carbonyl (C=O) groups is 2. The van der Waals surface area contributed by atoms with Gasteiger partial charge >= 0.3 is 0 Å². The quantitative estimate of drug-likeness (QED) is 0.392. The maximum atomic E-state index is 12.6. The van der Waals surface area contributed by atoms with Gasteiger partial charge in [-0.25, -0.2) is 4.98 Å². The highest BCUT2D eigenvalue weighted by molar-refractivity contribution is 6.06. The van der Waals surface area contributed by atoms with Crippen LogP contribution in [0.25, 0.3) is 27.3 Å². The second-order valence-electron chi connectivity index (χ2n) is 6.60. The van der Waals surface area contributed by atoms with Crippen LogP contribution in [0.1, 0.15) is 20.8 Å². The van der Waals surface area contributed by atoms with Gasteiger partial charge in [0.2, 0.25) is 5.95 Å². The fraction of sp³-hybridized carbons (Fsp3) is 0. The number of nitrogen functional groups attached to an aromatic ring is 1. The summed E-state index contributed by atoms with van der Waals surface area (Å²) in [5.41, 5.74) is 13.1. The van der Waals surface area contributed by atoms with E-state index in [0.717, 1.165) is 10.8 Å². The third-order valence-corrected chi connectivity index (χ3v) is 4.74. The molecule has 0 spiro atoms. The summed E-state index contributed by atoms with van der Waals surface area (Å²) in [6.45, 7) is 0. The molecular weight excluding hydrogens is 382 g/mol. The first-order valence-electron chi connectivity index (χ1n) is 9.10. The van der Waals surface area contributed by atoms with Crippen molar-refractivity contribution in [3.05, 3.63) is 78.1 Å². The molecule has 0 saturated heterocycles. The van der Waals surface area contributed by atoms with Gasteiger partial charge in [-0.2, -0.15) is 9.61 Å². The largest absolute Gasteiger partial charge is 0.368 e. The molecule has 9 heteroatoms. The Kier molecular flexibility index (Phi) is 3.99. The second kappa shape index (κ2) is 6.82. The number of hydrogen-bond acceptors (Lipinski definition) is 6. The topological polar surface area (TPSA) is 127 Å². The molecule has 0 bridgehead atoms. The lowest BCUT2D eigenvalue weighted by molar-refractivity contribution is 0.0844. The molecule has 0 unspecified atom stereocenters. The Hall–Kier alpha value is -4.53. The molecule has 9 nitrogen and oxygen atoms in total. The van der Waals surface area contributed by atoms with Gasteiger partial charge in [-0.05, 0) is 24.3 Å². The zero-order valence-corrected chi connectivity index (χ0v) is 15.5. The van der Waals surface area contributed by atoms with Crippen molar-refractivity contribution in [1.29, 1.82) is 0 Å². The van der Waals surface area contributed by atoms with E-state index in [4.69, 9.17) is 5.73 Å². The molecule has 0 radical (unpaired) electrons. The Morgan fingerprint density at radius 3 is 2.63 bits per heavy atom. The number of para-hydroxylation sites is 2. The summed E-state index contributed by atoms with van der Waals surface area (Å²) >= 11 is 0. The number of rotatable bonds is 2. The standard InChI is InChI=1S/C21H15N7O2/c22-21-24-15-9-2-1-7-13(15)17-11-16(27-28(17)21)20(30)26-25-19(29)14-8-3-5-12-6-4-10-23-18(12)14/h1-11H,(H2,22,24)(H,25,29)(H,26,30). The van der Waals surface area contributed by atoms with Crippen LogP contribution >= 0.6 is 0 Å². The van der Waals surface area contributed by atoms with Crippen molar-refractivity contribution in [2.75, 3.05) is 5.73 Å². The Morgan fingerprint density at radius 1 is 0.933 bits per heavy atom. The zero-order chi connectivity index (χ0) is 20.7. The van der Waals surface area contributed by atoms with Crippen LogP contribution in [0.15, 0.2) is 66.9 Å². The smallest absolute Gasteiger partial charge is 0.290 e. The molecular formula is C21H15N7O2. The highest BCUT2D eigenvalue weighted by atomic mass is 16.2. The molecule has 0 atom stereocenters. The van der Waals surface area contributed by atoms with Crippen molar-refractivity contribution in [2.24, 2.45) is 0 Å². The normalized spacial score (nSPS) is 11.1. The predicted octanol–water partition coefficient (Wildman–Crippen LogP) is 2.09. The number of hydrazine groups is 1. The number of pyridine rings is 1. The van der Waals surface area contributed by atoms with Gasteiger partial charge in [0.05, 0.1) is 22.1 Å². The van der Waals surface area contributed by atoms with E-state index in [-0.39, 0.29) is 11.6 Å². The van der Waals surface area contributed by atoms with Crippen molar-refractivity contribution < 1.29 is 9.59 Å². The Morgan fingerprint density at radius 2 is 1.73 bits per heavy atom. The first-order chi connectivity index (χ1) is 14.6. The minimum Gasteiger partial charge on any atom is -0.368 e. The summed E-state index contributed by atoms with van der Waals surface area (Å²) < 4.78 is 1.40. The van der Waals surface area contributed by atoms with Crippen molar-refractivity contribution in [3.63, 3.8) is 0 Å². The fourth-order valence-corrected chi connectivity index (χ4v) is 3.35. The third-order valence-electron chi connectivity index (χ3n) is 4.74. The molecule has 0 aliphatic rings. The fourth-order valence-electron chi connectivity index (χ4n) is 3.35. The number of nitrogens with one attached hydrogen (secondary N) is 2. The van der Waals surface area contributed by atoms with Crippen LogP contribution in [0.3, 0.4) is 0 Å². The van der Waals surface area contributed by atoms with E-state index >= 15 is 0 Å². The number of nitrogens with zero attached hydrogens (tertiary/aromatic N) is 4. The summed E-state index contributed by atoms with van der Waals surface area (Å²) in [5.74, 6) is -0.902. The van der Waals surface area contributed by atoms with Gasteiger partial charge in [0.25, 0.3) is 11.8 Å². The lowest BCUT2D eigenvalue weighted by atomic mass is 10.1. The van der Waals surface area contributed by atoms with Crippen molar-refractivity contribution in [3.8, 4) is 0 Å². The molecule has 0 fully saturated rings. The van der Waals surface area contributed by atoms with E-state index in [1.165, 1.54) is 4.52 Å². The molecule has 5 aromatic rings. The number of aromatic nitrogens is 4. The van der Waals surface area contributed by atoms with E-state index in [1.807, 2.05) is 36.4 Å². The Bertz CT molecular complexity index is 1450. The molecule has 3 aromatic heterocycles. The van der Waals surface area contributed by atoms with E-state index < -0.39 is 11.8 Å². The molecule has 4 N–H and O–H groups in total. The number of amides is 2. The molecule has 0 saturated carbocycles. The average Bonchev–Trinajstić information content (AvgIpc) is 3.23. The average molecular weight is 397 g/mol. The third kappa shape index (κ3) is 2.85. The van der Waals surface area contributed by atoms with Crippen molar-refractivity contribution >= 4 is 45.1 Å². The van der Waals surface area contributed by atoms with Gasteiger partial charge in [0.1, 0.15) is 0 Å². The van der Waals surface area contributed by atoms with Gasteiger partial charge in [-0.1, -0.05) is 36.4 Å². The van der Waals surface area contributed by atoms with Crippen LogP contribution in [0.5, 0.6) is 0 Å². The number of nitrogens with two attached hydrogens (primary N) is 1. The summed E-state index contributed by atoms with van der Waals surface area (Å²) in [6.07, 6.45) is 1.61. The van der Waals surface area contributed by atoms with Crippen LogP contribution in [-0.2, 0) is 0 Å². The first kappa shape index (κ1) is 17.6. The van der Waals surface area contributed by atoms with Crippen LogP contribution in [0.4, 0.5) is 5.95 Å². The SMILES string of the molecule is Nc1nc2ccccc2c2cc(C(=O)NNC(=O)c3cccc4cccnc34)nn12. The maximum absolute atomic E-state index is 12.6. The van der Waals surface area contributed by atoms with E-state index in [9.17, 15) is 9.59 Å². The lowest BCUT2D eigenvalue weighted by Crippen LogP contribution is -2.41. The second-order valence-corrected chi connectivity index (χ2v) is 6.60. The van der Waals surface area contributed by atoms with Gasteiger partial charge in [-0.3, -0.25) is 25.4 Å². The van der Waals surface area contributed by atoms with Crippen LogP contribution in [-0.4, -0.2) is 31.4 Å². The zero-order valence-electron chi connectivity index (χ0n) is 15.5. The number of fused-ring (bicyclic) bond motifs is 4. The Labute approximate surface area is 169 Å². The molecule has 0 aliphatic heterocycles. The molecule has 5 rings (SSSR count). The van der Waals surface area contributed by atoms with Crippen molar-refractivity contribution in [1.82, 2.24) is 30.4 Å². The molecule has 2 aromatic carbocycles. The van der Waals surface area contributed by atoms with Gasteiger partial charge in [-0.15, -0.1) is 0 Å². The lowest BCUT2D eigenvalue weighted by Gasteiger charge is -2.07. The Balaban J connectivity index is 1.41. The van der Waals surface area contributed by atoms with E-state index in [1.54, 1.807) is 30.5 Å². The summed E-state index contributed by atoms with van der Waals surface area (Å²) in [7, 11) is 0. The number of hydrogen-bond donors (Lipinski definition) is 3. The van der Waals surface area contributed by atoms with E-state index in [0.29, 0.717) is 22.1 Å². The maximum Gasteiger partial charge on any atom is 0.290 e. The van der Waals surface area contributed by atoms with Gasteiger partial charge in [0, 0.05) is 17.0 Å². The van der Waals surface area contributed by atoms with Crippen LogP contribution in [0, 0.1) is 0 Å². The molecule has 3 heterocycles. The molecule has 146 valence electrons. The minimum absolute atomic E-state index is 0.0937. The summed E-state index contributed by atoms with van der Waals surface area (Å²) in [6, 6.07) is 17.9. The molecule has 2 amide bonds. The number of carbonyl (C=O) groups excluding carboxylic acids is 2. The number of benzene rings is 2.